The van der Waals surface area contributed by atoms with Crippen LogP contribution in [-0.2, 0) is 4.74 Å². The molecule has 0 spiro atoms. The number of thiophene rings is 1. The Bertz CT molecular complexity index is 681. The third-order valence-electron chi connectivity index (χ3n) is 2.82. The molecule has 0 atom stereocenters. The summed E-state index contributed by atoms with van der Waals surface area (Å²) in [5.41, 5.74) is 0.598. The van der Waals surface area contributed by atoms with Crippen LogP contribution in [0.25, 0.3) is 0 Å². The molecule has 6 heteroatoms. The number of ether oxygens (including phenoxy) is 1. The molecule has 1 heterocycles. The van der Waals surface area contributed by atoms with Crippen LogP contribution in [0.2, 0.25) is 0 Å². The van der Waals surface area contributed by atoms with E-state index >= 15 is 0 Å². The summed E-state index contributed by atoms with van der Waals surface area (Å²) in [7, 11) is 0. The Morgan fingerprint density at radius 2 is 2.05 bits per heavy atom. The molecule has 21 heavy (non-hydrogen) atoms. The van der Waals surface area contributed by atoms with Gasteiger partial charge in [0, 0.05) is 0 Å². The topological polar surface area (TPSA) is 55.4 Å². The summed E-state index contributed by atoms with van der Waals surface area (Å²) < 4.78 is 18.8. The lowest BCUT2D eigenvalue weighted by atomic mass is 10.1. The number of nitrogens with one attached hydrogen (secondary N) is 1. The maximum absolute atomic E-state index is 13.9. The van der Waals surface area contributed by atoms with Crippen molar-refractivity contribution >= 4 is 28.2 Å². The Morgan fingerprint density at radius 1 is 1.29 bits per heavy atom. The molecule has 1 amide bonds. The Labute approximate surface area is 125 Å². The zero-order chi connectivity index (χ0) is 15.4. The van der Waals surface area contributed by atoms with Crippen molar-refractivity contribution in [2.45, 2.75) is 13.8 Å². The van der Waals surface area contributed by atoms with Gasteiger partial charge in [-0.15, -0.1) is 11.3 Å². The molecule has 1 N–H and O–H groups in total. The molecule has 110 valence electrons. The predicted molar refractivity (Wildman–Crippen MR) is 79.4 cm³/mol. The zero-order valence-corrected chi connectivity index (χ0v) is 12.4. The molecular weight excluding hydrogens is 293 g/mol. The van der Waals surface area contributed by atoms with Crippen molar-refractivity contribution in [1.82, 2.24) is 0 Å². The van der Waals surface area contributed by atoms with Crippen LogP contribution in [0.15, 0.2) is 29.6 Å². The van der Waals surface area contributed by atoms with Gasteiger partial charge in [-0.25, -0.2) is 9.18 Å². The van der Waals surface area contributed by atoms with Crippen LogP contribution in [-0.4, -0.2) is 18.5 Å². The summed E-state index contributed by atoms with van der Waals surface area (Å²) in [6, 6.07) is 6.15. The van der Waals surface area contributed by atoms with Crippen molar-refractivity contribution in [2.75, 3.05) is 11.9 Å². The first-order valence-corrected chi connectivity index (χ1v) is 7.23. The van der Waals surface area contributed by atoms with E-state index in [9.17, 15) is 14.0 Å². The molecule has 1 aromatic carbocycles. The van der Waals surface area contributed by atoms with Crippen molar-refractivity contribution in [3.8, 4) is 0 Å². The van der Waals surface area contributed by atoms with Crippen LogP contribution >= 0.6 is 11.3 Å². The number of anilines is 1. The summed E-state index contributed by atoms with van der Waals surface area (Å²) in [5.74, 6) is -1.67. The number of halogens is 1. The summed E-state index contributed by atoms with van der Waals surface area (Å²) in [6.07, 6.45) is 0. The third kappa shape index (κ3) is 3.28. The molecule has 0 aliphatic carbocycles. The van der Waals surface area contributed by atoms with Crippen LogP contribution in [0, 0.1) is 12.7 Å². The first-order valence-electron chi connectivity index (χ1n) is 6.35. The Balaban J connectivity index is 2.23. The normalized spacial score (nSPS) is 10.2. The first kappa shape index (κ1) is 15.2. The number of carbonyl (C=O) groups is 2. The van der Waals surface area contributed by atoms with Crippen LogP contribution in [0.4, 0.5) is 9.39 Å². The van der Waals surface area contributed by atoms with E-state index in [-0.39, 0.29) is 17.7 Å². The number of esters is 1. The highest BCUT2D eigenvalue weighted by Crippen LogP contribution is 2.25. The molecule has 0 saturated carbocycles. The van der Waals surface area contributed by atoms with E-state index in [1.165, 1.54) is 17.4 Å². The van der Waals surface area contributed by atoms with E-state index in [2.05, 4.69) is 5.32 Å². The molecule has 0 bridgehead atoms. The molecule has 4 nitrogen and oxygen atoms in total. The number of carbonyl (C=O) groups excluding carboxylic acids is 2. The second-order valence-electron chi connectivity index (χ2n) is 4.27. The predicted octanol–water partition coefficient (Wildman–Crippen LogP) is 3.62. The monoisotopic (exact) mass is 307 g/mol. The number of hydrogen-bond donors (Lipinski definition) is 1. The quantitative estimate of drug-likeness (QED) is 0.878. The number of rotatable bonds is 4. The minimum atomic E-state index is -0.593. The van der Waals surface area contributed by atoms with Gasteiger partial charge in [0.2, 0.25) is 0 Å². The highest BCUT2D eigenvalue weighted by Gasteiger charge is 2.19. The fourth-order valence-electron chi connectivity index (χ4n) is 1.77. The van der Waals surface area contributed by atoms with Gasteiger partial charge in [0.15, 0.2) is 0 Å². The van der Waals surface area contributed by atoms with Gasteiger partial charge in [0.25, 0.3) is 5.91 Å². The van der Waals surface area contributed by atoms with E-state index in [0.717, 1.165) is 0 Å². The van der Waals surface area contributed by atoms with Gasteiger partial charge < -0.3 is 10.1 Å². The lowest BCUT2D eigenvalue weighted by Crippen LogP contribution is -2.16. The molecule has 2 rings (SSSR count). The fraction of sp³-hybridized carbons (Fsp3) is 0.200. The molecule has 2 aromatic rings. The van der Waals surface area contributed by atoms with E-state index in [0.29, 0.717) is 10.6 Å². The highest BCUT2D eigenvalue weighted by atomic mass is 32.1. The highest BCUT2D eigenvalue weighted by molar-refractivity contribution is 7.14. The van der Waals surface area contributed by atoms with Gasteiger partial charge in [-0.05, 0) is 36.9 Å². The maximum Gasteiger partial charge on any atom is 0.341 e. The van der Waals surface area contributed by atoms with Crippen molar-refractivity contribution in [1.29, 1.82) is 0 Å². The smallest absolute Gasteiger partial charge is 0.341 e. The largest absolute Gasteiger partial charge is 0.462 e. The molecule has 0 radical (unpaired) electrons. The fourth-order valence-corrected chi connectivity index (χ4v) is 2.54. The molecule has 0 saturated heterocycles. The molecular formula is C15H14FNO3S. The van der Waals surface area contributed by atoms with Gasteiger partial charge in [0.05, 0.1) is 17.7 Å². The van der Waals surface area contributed by atoms with Gasteiger partial charge >= 0.3 is 5.97 Å². The Morgan fingerprint density at radius 3 is 2.76 bits per heavy atom. The second kappa shape index (κ2) is 6.49. The number of amides is 1. The van der Waals surface area contributed by atoms with Gasteiger partial charge in [-0.3, -0.25) is 4.79 Å². The number of aryl methyl sites for hydroxylation is 1. The Hall–Kier alpha value is -2.21. The molecule has 1 aromatic heterocycles. The molecule has 0 aliphatic rings. The van der Waals surface area contributed by atoms with Crippen molar-refractivity contribution in [3.63, 3.8) is 0 Å². The summed E-state index contributed by atoms with van der Waals surface area (Å²) in [6.45, 7) is 3.53. The van der Waals surface area contributed by atoms with Gasteiger partial charge in [0.1, 0.15) is 10.8 Å². The molecule has 0 unspecified atom stereocenters. The third-order valence-corrected chi connectivity index (χ3v) is 3.65. The van der Waals surface area contributed by atoms with Crippen LogP contribution in [0.5, 0.6) is 0 Å². The van der Waals surface area contributed by atoms with Crippen molar-refractivity contribution in [3.05, 3.63) is 52.2 Å². The average molecular weight is 307 g/mol. The minimum absolute atomic E-state index is 0.0572. The first-order chi connectivity index (χ1) is 10.0. The van der Waals surface area contributed by atoms with E-state index in [4.69, 9.17) is 4.74 Å². The second-order valence-corrected chi connectivity index (χ2v) is 5.19. The van der Waals surface area contributed by atoms with Crippen LogP contribution in [0.3, 0.4) is 0 Å². The van der Waals surface area contributed by atoms with Crippen molar-refractivity contribution < 1.29 is 18.7 Å². The number of hydrogen-bond acceptors (Lipinski definition) is 4. The summed E-state index contributed by atoms with van der Waals surface area (Å²) >= 11 is 1.18. The SMILES string of the molecule is CCOC(=O)c1ccsc1NC(=O)c1cccc(C)c1F. The average Bonchev–Trinajstić information content (AvgIpc) is 2.90. The molecule has 0 aliphatic heterocycles. The van der Waals surface area contributed by atoms with Crippen molar-refractivity contribution in [2.24, 2.45) is 0 Å². The van der Waals surface area contributed by atoms with Crippen LogP contribution < -0.4 is 5.32 Å². The minimum Gasteiger partial charge on any atom is -0.462 e. The number of benzene rings is 1. The van der Waals surface area contributed by atoms with Gasteiger partial charge in [-0.1, -0.05) is 12.1 Å². The standard InChI is InChI=1S/C15H14FNO3S/c1-3-20-15(19)11-7-8-21-14(11)17-13(18)10-6-4-5-9(2)12(10)16/h4-8H,3H2,1-2H3,(H,17,18). The van der Waals surface area contributed by atoms with Crippen LogP contribution in [0.1, 0.15) is 33.2 Å². The summed E-state index contributed by atoms with van der Waals surface area (Å²) in [5, 5.41) is 4.56. The van der Waals surface area contributed by atoms with E-state index < -0.39 is 17.7 Å². The zero-order valence-electron chi connectivity index (χ0n) is 11.6. The lowest BCUT2D eigenvalue weighted by molar-refractivity contribution is 0.0528. The lowest BCUT2D eigenvalue weighted by Gasteiger charge is -2.08. The van der Waals surface area contributed by atoms with Gasteiger partial charge in [-0.2, -0.15) is 0 Å². The Kier molecular flexibility index (Phi) is 4.70. The molecule has 0 fully saturated rings. The maximum atomic E-state index is 13.9. The van der Waals surface area contributed by atoms with E-state index in [1.54, 1.807) is 37.4 Å². The van der Waals surface area contributed by atoms with E-state index in [1.807, 2.05) is 0 Å². The summed E-state index contributed by atoms with van der Waals surface area (Å²) in [4.78, 5) is 23.8.